The van der Waals surface area contributed by atoms with E-state index in [4.69, 9.17) is 0 Å². The minimum atomic E-state index is -0.890. The highest BCUT2D eigenvalue weighted by molar-refractivity contribution is 5.76. The van der Waals surface area contributed by atoms with Gasteiger partial charge in [-0.2, -0.15) is 0 Å². The third kappa shape index (κ3) is 64.7. The van der Waals surface area contributed by atoms with E-state index in [-0.39, 0.29) is 12.5 Å². The number of unbranched alkanes of at least 4 members (excludes halogenated alkanes) is 28. The smallest absolute Gasteiger partial charge is 0.220 e. The highest BCUT2D eigenvalue weighted by Gasteiger charge is 2.18. The van der Waals surface area contributed by atoms with Crippen LogP contribution in [0, 0.1) is 0 Å². The predicted molar refractivity (Wildman–Crippen MR) is 354 cm³/mol. The number of carbonyl (C=O) groups is 1. The second-order valence-corrected chi connectivity index (χ2v) is 21.8. The summed E-state index contributed by atoms with van der Waals surface area (Å²) < 4.78 is 0. The van der Waals surface area contributed by atoms with Crippen molar-refractivity contribution < 1.29 is 15.0 Å². The van der Waals surface area contributed by atoms with E-state index in [0.717, 1.165) is 116 Å². The second-order valence-electron chi connectivity index (χ2n) is 21.8. The number of aliphatic hydroxyl groups excluding tert-OH is 2. The van der Waals surface area contributed by atoms with Gasteiger partial charge in [0.25, 0.3) is 0 Å². The minimum absolute atomic E-state index is 0.0972. The molecule has 0 saturated carbocycles. The SMILES string of the molecule is CC/C=C\C/C=C\C/C=C\C/C=C\C/C=C\C/C=C\C/C=C\C/C=C\C/C=C\C/C=C\CCCCCCCCC(=O)NC(CO)C(O)/C=C/CC/C=C/CC/C=C/CCCCCCCCCCCCCCCCCCCCCC. The van der Waals surface area contributed by atoms with Crippen molar-refractivity contribution in [2.75, 3.05) is 6.61 Å². The predicted octanol–water partition coefficient (Wildman–Crippen LogP) is 22.9. The maximum absolute atomic E-state index is 12.5. The fourth-order valence-electron chi connectivity index (χ4n) is 9.24. The molecule has 0 bridgehead atoms. The summed E-state index contributed by atoms with van der Waals surface area (Å²) in [6.45, 7) is 4.18. The quantitative estimate of drug-likeness (QED) is 0.0420. The number of hydrogen-bond donors (Lipinski definition) is 3. The molecule has 0 radical (unpaired) electrons. The number of hydrogen-bond acceptors (Lipinski definition) is 3. The van der Waals surface area contributed by atoms with Gasteiger partial charge in [0, 0.05) is 6.42 Å². The first-order chi connectivity index (χ1) is 39.2. The fourth-order valence-corrected chi connectivity index (χ4v) is 9.24. The molecule has 2 unspecified atom stereocenters. The molecule has 0 rings (SSSR count). The third-order valence-electron chi connectivity index (χ3n) is 14.2. The molecule has 448 valence electrons. The molecule has 0 aromatic rings. The molecule has 0 aromatic heterocycles. The van der Waals surface area contributed by atoms with E-state index >= 15 is 0 Å². The van der Waals surface area contributed by atoms with Crippen molar-refractivity contribution in [1.82, 2.24) is 5.32 Å². The molecule has 0 aromatic carbocycles. The molecule has 0 spiro atoms. The van der Waals surface area contributed by atoms with Gasteiger partial charge in [-0.1, -0.05) is 320 Å². The minimum Gasteiger partial charge on any atom is -0.394 e. The van der Waals surface area contributed by atoms with Gasteiger partial charge in [0.2, 0.25) is 5.91 Å². The van der Waals surface area contributed by atoms with Gasteiger partial charge in [-0.25, -0.2) is 0 Å². The lowest BCUT2D eigenvalue weighted by Crippen LogP contribution is -2.45. The van der Waals surface area contributed by atoms with Gasteiger partial charge in [0.1, 0.15) is 0 Å². The number of nitrogens with one attached hydrogen (secondary N) is 1. The summed E-state index contributed by atoms with van der Waals surface area (Å²) in [7, 11) is 0. The third-order valence-corrected chi connectivity index (χ3v) is 14.2. The van der Waals surface area contributed by atoms with Crippen LogP contribution in [-0.2, 0) is 4.79 Å². The first kappa shape index (κ1) is 75.0. The van der Waals surface area contributed by atoms with Crippen LogP contribution < -0.4 is 5.32 Å². The molecular weight excluding hydrogens is 963 g/mol. The van der Waals surface area contributed by atoms with Crippen LogP contribution in [0.5, 0.6) is 0 Å². The zero-order valence-corrected chi connectivity index (χ0v) is 51.6. The van der Waals surface area contributed by atoms with Crippen LogP contribution in [0.15, 0.2) is 158 Å². The van der Waals surface area contributed by atoms with Crippen molar-refractivity contribution in [3.05, 3.63) is 158 Å². The topological polar surface area (TPSA) is 69.6 Å². The van der Waals surface area contributed by atoms with Gasteiger partial charge in [0.15, 0.2) is 0 Å². The molecule has 79 heavy (non-hydrogen) atoms. The maximum Gasteiger partial charge on any atom is 0.220 e. The number of aliphatic hydroxyl groups is 2. The lowest BCUT2D eigenvalue weighted by molar-refractivity contribution is -0.123. The Balaban J connectivity index is 3.66. The van der Waals surface area contributed by atoms with Crippen LogP contribution in [0.3, 0.4) is 0 Å². The molecule has 0 aliphatic rings. The van der Waals surface area contributed by atoms with Gasteiger partial charge >= 0.3 is 0 Å². The molecular formula is C75H125NO3. The van der Waals surface area contributed by atoms with Crippen LogP contribution >= 0.6 is 0 Å². The van der Waals surface area contributed by atoms with Crippen molar-refractivity contribution in [3.8, 4) is 0 Å². The van der Waals surface area contributed by atoms with E-state index in [1.807, 2.05) is 6.08 Å². The van der Waals surface area contributed by atoms with Crippen LogP contribution in [-0.4, -0.2) is 34.9 Å². The highest BCUT2D eigenvalue weighted by atomic mass is 16.3. The Morgan fingerprint density at radius 3 is 0.886 bits per heavy atom. The molecule has 0 fully saturated rings. The monoisotopic (exact) mass is 1090 g/mol. The molecule has 0 saturated heterocycles. The lowest BCUT2D eigenvalue weighted by atomic mass is 10.0. The van der Waals surface area contributed by atoms with Crippen LogP contribution in [0.1, 0.15) is 290 Å². The summed E-state index contributed by atoms with van der Waals surface area (Å²) in [4.78, 5) is 12.5. The molecule has 0 heterocycles. The second kappa shape index (κ2) is 68.3. The van der Waals surface area contributed by atoms with Gasteiger partial charge in [-0.05, 0) is 122 Å². The van der Waals surface area contributed by atoms with E-state index in [1.165, 1.54) is 154 Å². The van der Waals surface area contributed by atoms with Crippen LogP contribution in [0.25, 0.3) is 0 Å². The van der Waals surface area contributed by atoms with E-state index in [0.29, 0.717) is 6.42 Å². The number of allylic oxidation sites excluding steroid dienone is 25. The standard InChI is InChI=1S/C75H125NO3/c1-3-5-7-9-11-13-15-17-19-21-23-25-27-29-31-33-35-36-37-38-39-40-41-43-45-47-49-51-53-55-57-59-61-63-65-67-69-71-75(79)76-73(72-77)74(78)70-68-66-64-62-60-58-56-54-52-50-48-46-44-42-34-32-30-28-26-24-22-20-18-16-14-12-10-8-6-4-2/h5,7,11,13,17,19,23,25,29,31,35-36,38-39,41,43,47,49,52-55,60,62,68,70,73-74,77-78H,3-4,6,8-10,12,14-16,18,20-22,24,26-28,30,32-34,37,40,42,44-46,48,50-51,56-59,61,63-67,69,71-72H2,1-2H3,(H,76,79)/b7-5-,13-11-,19-17-,25-23-,31-29-,36-35-,39-38-,43-41-,49-47-,54-52+,55-53-,62-60+,70-68+. The van der Waals surface area contributed by atoms with E-state index in [9.17, 15) is 15.0 Å². The van der Waals surface area contributed by atoms with Gasteiger partial charge in [-0.15, -0.1) is 0 Å². The summed E-state index contributed by atoms with van der Waals surface area (Å²) in [6.07, 6.45) is 109. The average molecular weight is 1090 g/mol. The fraction of sp³-hybridized carbons (Fsp3) is 0.640. The molecule has 4 nitrogen and oxygen atoms in total. The summed E-state index contributed by atoms with van der Waals surface area (Å²) in [5, 5.41) is 23.2. The van der Waals surface area contributed by atoms with Crippen molar-refractivity contribution in [1.29, 1.82) is 0 Å². The van der Waals surface area contributed by atoms with Crippen LogP contribution in [0.4, 0.5) is 0 Å². The largest absolute Gasteiger partial charge is 0.394 e. The summed E-state index contributed by atoms with van der Waals surface area (Å²) in [5.41, 5.74) is 0. The van der Waals surface area contributed by atoms with Crippen molar-refractivity contribution in [2.45, 2.75) is 302 Å². The van der Waals surface area contributed by atoms with Gasteiger partial charge in [-0.3, -0.25) is 4.79 Å². The Bertz CT molecular complexity index is 1660. The van der Waals surface area contributed by atoms with Crippen molar-refractivity contribution in [2.24, 2.45) is 0 Å². The molecule has 4 heteroatoms. The van der Waals surface area contributed by atoms with E-state index in [1.54, 1.807) is 6.08 Å². The normalized spacial score (nSPS) is 13.8. The molecule has 3 N–H and O–H groups in total. The van der Waals surface area contributed by atoms with Gasteiger partial charge < -0.3 is 15.5 Å². The van der Waals surface area contributed by atoms with E-state index < -0.39 is 12.1 Å². The average Bonchev–Trinajstić information content (AvgIpc) is 3.45. The summed E-state index contributed by atoms with van der Waals surface area (Å²) >= 11 is 0. The Hall–Kier alpha value is -3.99. The first-order valence-electron chi connectivity index (χ1n) is 33.2. The van der Waals surface area contributed by atoms with Gasteiger partial charge in [0.05, 0.1) is 18.8 Å². The lowest BCUT2D eigenvalue weighted by Gasteiger charge is -2.19. The summed E-state index contributed by atoms with van der Waals surface area (Å²) in [6, 6.07) is -0.668. The molecule has 1 amide bonds. The number of amides is 1. The molecule has 0 aliphatic carbocycles. The zero-order chi connectivity index (χ0) is 56.9. The first-order valence-corrected chi connectivity index (χ1v) is 33.2. The van der Waals surface area contributed by atoms with E-state index in [2.05, 4.69) is 165 Å². The number of rotatable bonds is 59. The Morgan fingerprint density at radius 2 is 0.570 bits per heavy atom. The zero-order valence-electron chi connectivity index (χ0n) is 51.6. The summed E-state index contributed by atoms with van der Waals surface area (Å²) in [5.74, 6) is -0.0972. The van der Waals surface area contributed by atoms with Crippen molar-refractivity contribution >= 4 is 5.91 Å². The van der Waals surface area contributed by atoms with Crippen LogP contribution in [0.2, 0.25) is 0 Å². The molecule has 2 atom stereocenters. The molecule has 0 aliphatic heterocycles. The number of carbonyl (C=O) groups excluding carboxylic acids is 1. The Kier molecular flexibility index (Phi) is 64.8. The maximum atomic E-state index is 12.5. The highest BCUT2D eigenvalue weighted by Crippen LogP contribution is 2.16. The van der Waals surface area contributed by atoms with Crippen molar-refractivity contribution in [3.63, 3.8) is 0 Å². The Morgan fingerprint density at radius 1 is 0.316 bits per heavy atom. The Labute approximate surface area is 490 Å².